The second-order valence-electron chi connectivity index (χ2n) is 8.26. The van der Waals surface area contributed by atoms with Crippen molar-refractivity contribution in [3.8, 4) is 0 Å². The highest BCUT2D eigenvalue weighted by molar-refractivity contribution is 5.81. The molecular formula is C25H23FN4O3. The number of carbonyl (C=O) groups excluding carboxylic acids is 1. The first-order chi connectivity index (χ1) is 16.1. The van der Waals surface area contributed by atoms with Crippen LogP contribution in [-0.2, 0) is 17.8 Å². The Morgan fingerprint density at radius 2 is 1.91 bits per heavy atom. The van der Waals surface area contributed by atoms with Gasteiger partial charge in [0.25, 0.3) is 5.56 Å². The molecule has 168 valence electrons. The summed E-state index contributed by atoms with van der Waals surface area (Å²) in [6.45, 7) is 0.435. The van der Waals surface area contributed by atoms with Crippen molar-refractivity contribution < 1.29 is 13.6 Å². The van der Waals surface area contributed by atoms with Gasteiger partial charge in [-0.2, -0.15) is 5.10 Å². The molecule has 0 aliphatic carbocycles. The number of hydrogen-bond acceptors (Lipinski definition) is 5. The molecule has 7 nitrogen and oxygen atoms in total. The van der Waals surface area contributed by atoms with Crippen LogP contribution in [0.15, 0.2) is 70.1 Å². The van der Waals surface area contributed by atoms with Crippen molar-refractivity contribution in [1.82, 2.24) is 19.7 Å². The molecule has 0 spiro atoms. The van der Waals surface area contributed by atoms with Gasteiger partial charge in [0.1, 0.15) is 24.2 Å². The molecule has 3 heterocycles. The minimum atomic E-state index is -0.288. The van der Waals surface area contributed by atoms with Gasteiger partial charge in [-0.15, -0.1) is 0 Å². The molecule has 2 aromatic heterocycles. The molecule has 1 aliphatic rings. The van der Waals surface area contributed by atoms with Crippen molar-refractivity contribution in [1.29, 1.82) is 0 Å². The van der Waals surface area contributed by atoms with Gasteiger partial charge in [0.15, 0.2) is 0 Å². The topological polar surface area (TPSA) is 81.2 Å². The number of nitrogens with zero attached hydrogens (tertiary/aromatic N) is 4. The van der Waals surface area contributed by atoms with E-state index in [1.807, 2.05) is 12.1 Å². The van der Waals surface area contributed by atoms with E-state index in [0.29, 0.717) is 30.0 Å². The zero-order valence-electron chi connectivity index (χ0n) is 18.0. The smallest absolute Gasteiger partial charge is 0.275 e. The summed E-state index contributed by atoms with van der Waals surface area (Å²) >= 11 is 0. The average molecular weight is 446 g/mol. The lowest BCUT2D eigenvalue weighted by molar-refractivity contribution is -0.136. The highest BCUT2D eigenvalue weighted by Gasteiger charge is 2.31. The Morgan fingerprint density at radius 3 is 2.76 bits per heavy atom. The van der Waals surface area contributed by atoms with Crippen LogP contribution in [0.2, 0.25) is 0 Å². The van der Waals surface area contributed by atoms with E-state index in [1.54, 1.807) is 41.6 Å². The zero-order valence-corrected chi connectivity index (χ0v) is 18.0. The molecule has 1 atom stereocenters. The number of likely N-dealkylation sites (tertiary alicyclic amines) is 1. The number of fused-ring (bicyclic) bond motifs is 1. The fraction of sp³-hybridized carbons (Fsp3) is 0.280. The lowest BCUT2D eigenvalue weighted by Gasteiger charge is -2.33. The molecule has 1 aliphatic heterocycles. The number of oxazole rings is 1. The van der Waals surface area contributed by atoms with Crippen LogP contribution in [0.3, 0.4) is 0 Å². The van der Waals surface area contributed by atoms with Crippen LogP contribution in [-0.4, -0.2) is 32.1 Å². The maximum Gasteiger partial charge on any atom is 0.275 e. The van der Waals surface area contributed by atoms with E-state index < -0.39 is 0 Å². The Balaban J connectivity index is 1.34. The van der Waals surface area contributed by atoms with E-state index in [1.165, 1.54) is 16.8 Å². The molecule has 2 aromatic carbocycles. The second kappa shape index (κ2) is 8.97. The van der Waals surface area contributed by atoms with Gasteiger partial charge in [-0.1, -0.05) is 30.3 Å². The normalized spacial score (nSPS) is 16.3. The van der Waals surface area contributed by atoms with E-state index in [2.05, 4.69) is 10.1 Å². The van der Waals surface area contributed by atoms with Gasteiger partial charge in [-0.25, -0.2) is 14.1 Å². The zero-order chi connectivity index (χ0) is 22.8. The summed E-state index contributed by atoms with van der Waals surface area (Å²) in [5.74, 6) is 0.664. The quantitative estimate of drug-likeness (QED) is 0.465. The van der Waals surface area contributed by atoms with Gasteiger partial charge >= 0.3 is 0 Å². The molecule has 0 N–H and O–H groups in total. The molecular weight excluding hydrogens is 423 g/mol. The van der Waals surface area contributed by atoms with Gasteiger partial charge in [0.2, 0.25) is 11.8 Å². The van der Waals surface area contributed by atoms with Gasteiger partial charge < -0.3 is 9.32 Å². The molecule has 33 heavy (non-hydrogen) atoms. The molecule has 0 bridgehead atoms. The van der Waals surface area contributed by atoms with Crippen molar-refractivity contribution in [2.45, 2.75) is 38.3 Å². The van der Waals surface area contributed by atoms with Crippen LogP contribution in [0.4, 0.5) is 4.39 Å². The van der Waals surface area contributed by atoms with E-state index in [-0.39, 0.29) is 29.9 Å². The molecule has 1 unspecified atom stereocenters. The number of benzene rings is 2. The van der Waals surface area contributed by atoms with Crippen molar-refractivity contribution in [2.24, 2.45) is 0 Å². The Labute approximate surface area is 189 Å². The first-order valence-electron chi connectivity index (χ1n) is 11.0. The summed E-state index contributed by atoms with van der Waals surface area (Å²) in [7, 11) is 0. The third-order valence-corrected chi connectivity index (χ3v) is 6.02. The minimum absolute atomic E-state index is 0.136. The molecule has 8 heteroatoms. The summed E-state index contributed by atoms with van der Waals surface area (Å²) < 4.78 is 20.4. The van der Waals surface area contributed by atoms with Crippen molar-refractivity contribution in [2.75, 3.05) is 6.54 Å². The SMILES string of the molecule is O=C(Cn1ncc2ccccc2c1=O)N1CCCCC1c1ncc(Cc2ccc(F)cc2)o1. The maximum absolute atomic E-state index is 13.2. The number of piperidine rings is 1. The van der Waals surface area contributed by atoms with Crippen LogP contribution in [0.25, 0.3) is 10.8 Å². The number of aromatic nitrogens is 3. The van der Waals surface area contributed by atoms with E-state index in [4.69, 9.17) is 4.42 Å². The molecule has 1 saturated heterocycles. The van der Waals surface area contributed by atoms with Crippen LogP contribution in [0, 0.1) is 5.82 Å². The summed E-state index contributed by atoms with van der Waals surface area (Å²) in [5, 5.41) is 5.47. The van der Waals surface area contributed by atoms with Crippen LogP contribution in [0.1, 0.15) is 42.5 Å². The largest absolute Gasteiger partial charge is 0.443 e. The number of halogens is 1. The molecule has 4 aromatic rings. The lowest BCUT2D eigenvalue weighted by atomic mass is 10.0. The predicted octanol–water partition coefficient (Wildman–Crippen LogP) is 3.87. The third kappa shape index (κ3) is 4.41. The third-order valence-electron chi connectivity index (χ3n) is 6.02. The Hall–Kier alpha value is -3.81. The summed E-state index contributed by atoms with van der Waals surface area (Å²) in [6, 6.07) is 13.2. The highest BCUT2D eigenvalue weighted by Crippen LogP contribution is 2.31. The average Bonchev–Trinajstić information content (AvgIpc) is 3.31. The number of rotatable bonds is 5. The summed E-state index contributed by atoms with van der Waals surface area (Å²) in [4.78, 5) is 32.1. The van der Waals surface area contributed by atoms with Crippen molar-refractivity contribution in [3.63, 3.8) is 0 Å². The molecule has 0 radical (unpaired) electrons. The monoisotopic (exact) mass is 446 g/mol. The predicted molar refractivity (Wildman–Crippen MR) is 120 cm³/mol. The lowest BCUT2D eigenvalue weighted by Crippen LogP contribution is -2.42. The Morgan fingerprint density at radius 1 is 1.09 bits per heavy atom. The number of amides is 1. The fourth-order valence-corrected chi connectivity index (χ4v) is 4.31. The van der Waals surface area contributed by atoms with Gasteiger partial charge in [-0.3, -0.25) is 9.59 Å². The van der Waals surface area contributed by atoms with E-state index in [0.717, 1.165) is 30.2 Å². The van der Waals surface area contributed by atoms with Gasteiger partial charge in [0, 0.05) is 18.4 Å². The Bertz CT molecular complexity index is 1350. The van der Waals surface area contributed by atoms with E-state index in [9.17, 15) is 14.0 Å². The number of hydrogen-bond donors (Lipinski definition) is 0. The van der Waals surface area contributed by atoms with Crippen LogP contribution >= 0.6 is 0 Å². The van der Waals surface area contributed by atoms with Gasteiger partial charge in [-0.05, 0) is 43.0 Å². The maximum atomic E-state index is 13.2. The summed E-state index contributed by atoms with van der Waals surface area (Å²) in [5.41, 5.74) is 0.630. The minimum Gasteiger partial charge on any atom is -0.443 e. The standard InChI is InChI=1S/C25H23FN4O3/c26-19-10-8-17(9-11-19)13-20-15-27-24(33-20)22-7-3-4-12-29(22)23(31)16-30-25(32)21-6-2-1-5-18(21)14-28-30/h1-2,5-6,8-11,14-15,22H,3-4,7,12-13,16H2. The van der Waals surface area contributed by atoms with Gasteiger partial charge in [0.05, 0.1) is 17.8 Å². The Kier molecular flexibility index (Phi) is 5.73. The highest BCUT2D eigenvalue weighted by atomic mass is 19.1. The van der Waals surface area contributed by atoms with Crippen LogP contribution in [0.5, 0.6) is 0 Å². The molecule has 5 rings (SSSR count). The molecule has 0 saturated carbocycles. The van der Waals surface area contributed by atoms with Crippen molar-refractivity contribution >= 4 is 16.7 Å². The summed E-state index contributed by atoms with van der Waals surface area (Å²) in [6.07, 6.45) is 6.33. The first-order valence-corrected chi connectivity index (χ1v) is 11.0. The van der Waals surface area contributed by atoms with Crippen LogP contribution < -0.4 is 5.56 Å². The number of carbonyl (C=O) groups is 1. The molecule has 1 fully saturated rings. The fourth-order valence-electron chi connectivity index (χ4n) is 4.31. The van der Waals surface area contributed by atoms with E-state index >= 15 is 0 Å². The second-order valence-corrected chi connectivity index (χ2v) is 8.26. The molecule has 1 amide bonds. The first kappa shape index (κ1) is 21.1. The van der Waals surface area contributed by atoms with Crippen molar-refractivity contribution in [3.05, 3.63) is 94.3 Å².